The number of carbonyl (C=O) groups is 1. The molecule has 0 saturated heterocycles. The number of imidazole rings is 1. The quantitative estimate of drug-likeness (QED) is 0.523. The van der Waals surface area contributed by atoms with Gasteiger partial charge >= 0.3 is 0 Å². The fraction of sp³-hybridized carbons (Fsp3) is 0.238. The Morgan fingerprint density at radius 1 is 1.11 bits per heavy atom. The van der Waals surface area contributed by atoms with Gasteiger partial charge in [0, 0.05) is 21.9 Å². The second kappa shape index (κ2) is 8.68. The van der Waals surface area contributed by atoms with E-state index in [9.17, 15) is 4.79 Å². The Morgan fingerprint density at radius 2 is 1.75 bits per heavy atom. The van der Waals surface area contributed by atoms with Gasteiger partial charge in [-0.25, -0.2) is 4.98 Å². The standard InChI is InChI=1S/C21H21N3OS3/c1-14-15(11-12-26-2)23-21(22-14)27-13-20(25)24-16-7-3-5-9-18(16)28-19-10-6-4-8-17(19)24/h3-10H,11-13H2,1-2H3,(H,22,23). The molecule has 1 amide bonds. The van der Waals surface area contributed by atoms with E-state index < -0.39 is 0 Å². The van der Waals surface area contributed by atoms with Crippen molar-refractivity contribution in [2.45, 2.75) is 28.3 Å². The second-order valence-electron chi connectivity index (χ2n) is 6.41. The van der Waals surface area contributed by atoms with Gasteiger partial charge in [-0.05, 0) is 43.2 Å². The number of H-pyrrole nitrogens is 1. The fourth-order valence-electron chi connectivity index (χ4n) is 3.15. The van der Waals surface area contributed by atoms with Crippen LogP contribution < -0.4 is 4.90 Å². The number of fused-ring (bicyclic) bond motifs is 2. The van der Waals surface area contributed by atoms with Gasteiger partial charge in [0.05, 0.1) is 22.8 Å². The molecule has 144 valence electrons. The molecule has 0 atom stereocenters. The third-order valence-corrected chi connectivity index (χ3v) is 7.12. The van der Waals surface area contributed by atoms with Crippen molar-refractivity contribution in [3.05, 3.63) is 59.9 Å². The first kappa shape index (κ1) is 19.5. The molecule has 28 heavy (non-hydrogen) atoms. The zero-order chi connectivity index (χ0) is 19.5. The highest BCUT2D eigenvalue weighted by molar-refractivity contribution is 8.00. The number of nitrogens with one attached hydrogen (secondary N) is 1. The zero-order valence-corrected chi connectivity index (χ0v) is 18.2. The van der Waals surface area contributed by atoms with E-state index >= 15 is 0 Å². The van der Waals surface area contributed by atoms with Crippen molar-refractivity contribution in [2.24, 2.45) is 0 Å². The highest BCUT2D eigenvalue weighted by Gasteiger charge is 2.27. The van der Waals surface area contributed by atoms with Crippen LogP contribution in [0.2, 0.25) is 0 Å². The van der Waals surface area contributed by atoms with Crippen molar-refractivity contribution in [3.63, 3.8) is 0 Å². The summed E-state index contributed by atoms with van der Waals surface area (Å²) in [6.45, 7) is 2.04. The van der Waals surface area contributed by atoms with E-state index in [-0.39, 0.29) is 5.91 Å². The van der Waals surface area contributed by atoms with Crippen molar-refractivity contribution in [3.8, 4) is 0 Å². The normalized spacial score (nSPS) is 12.6. The van der Waals surface area contributed by atoms with Crippen LogP contribution in [0.1, 0.15) is 11.4 Å². The molecular weight excluding hydrogens is 406 g/mol. The van der Waals surface area contributed by atoms with Crippen molar-refractivity contribution < 1.29 is 4.79 Å². The molecule has 1 aliphatic heterocycles. The summed E-state index contributed by atoms with van der Waals surface area (Å²) >= 11 is 4.99. The molecule has 4 nitrogen and oxygen atoms in total. The number of aromatic nitrogens is 2. The largest absolute Gasteiger partial charge is 0.337 e. The first-order valence-corrected chi connectivity index (χ1v) is 12.2. The molecule has 0 spiro atoms. The molecule has 4 rings (SSSR count). The van der Waals surface area contributed by atoms with Crippen LogP contribution in [0.25, 0.3) is 0 Å². The number of carbonyl (C=O) groups excluding carboxylic acids is 1. The number of hydrogen-bond acceptors (Lipinski definition) is 5. The lowest BCUT2D eigenvalue weighted by molar-refractivity contribution is -0.115. The minimum absolute atomic E-state index is 0.0601. The highest BCUT2D eigenvalue weighted by atomic mass is 32.2. The number of nitrogens with zero attached hydrogens (tertiary/aromatic N) is 2. The molecule has 0 aliphatic carbocycles. The van der Waals surface area contributed by atoms with Crippen LogP contribution in [-0.2, 0) is 11.2 Å². The van der Waals surface area contributed by atoms with Gasteiger partial charge in [-0.3, -0.25) is 9.69 Å². The highest BCUT2D eigenvalue weighted by Crippen LogP contribution is 2.48. The van der Waals surface area contributed by atoms with Gasteiger partial charge in [0.2, 0.25) is 5.91 Å². The molecule has 2 aromatic carbocycles. The SMILES string of the molecule is CSCCc1nc(SCC(=O)N2c3ccccc3Sc3ccccc32)[nH]c1C. The number of benzene rings is 2. The van der Waals surface area contributed by atoms with E-state index in [4.69, 9.17) is 0 Å². The summed E-state index contributed by atoms with van der Waals surface area (Å²) in [5.74, 6) is 1.45. The van der Waals surface area contributed by atoms with Crippen LogP contribution in [0, 0.1) is 6.92 Å². The van der Waals surface area contributed by atoms with Crippen molar-refractivity contribution in [2.75, 3.05) is 22.7 Å². The molecule has 1 N–H and O–H groups in total. The maximum Gasteiger partial charge on any atom is 0.242 e. The van der Waals surface area contributed by atoms with Gasteiger partial charge in [-0.15, -0.1) is 0 Å². The van der Waals surface area contributed by atoms with Crippen LogP contribution in [0.5, 0.6) is 0 Å². The third kappa shape index (κ3) is 3.97. The average molecular weight is 428 g/mol. The molecule has 0 bridgehead atoms. The fourth-order valence-corrected chi connectivity index (χ4v) is 5.39. The maximum absolute atomic E-state index is 13.2. The smallest absolute Gasteiger partial charge is 0.242 e. The van der Waals surface area contributed by atoms with Crippen LogP contribution in [-0.4, -0.2) is 33.6 Å². The average Bonchev–Trinajstić information content (AvgIpc) is 3.08. The van der Waals surface area contributed by atoms with Gasteiger partial charge in [0.1, 0.15) is 0 Å². The molecule has 0 radical (unpaired) electrons. The third-order valence-electron chi connectivity index (χ3n) is 4.52. The monoisotopic (exact) mass is 427 g/mol. The first-order chi connectivity index (χ1) is 13.7. The van der Waals surface area contributed by atoms with E-state index in [1.807, 2.05) is 60.0 Å². The first-order valence-electron chi connectivity index (χ1n) is 9.03. The predicted molar refractivity (Wildman–Crippen MR) is 120 cm³/mol. The van der Waals surface area contributed by atoms with Crippen molar-refractivity contribution >= 4 is 52.6 Å². The molecule has 1 aliphatic rings. The minimum Gasteiger partial charge on any atom is -0.337 e. The number of rotatable bonds is 6. The molecule has 0 fully saturated rings. The van der Waals surface area contributed by atoms with E-state index in [1.54, 1.807) is 11.8 Å². The summed E-state index contributed by atoms with van der Waals surface area (Å²) in [4.78, 5) is 25.3. The van der Waals surface area contributed by atoms with E-state index in [0.717, 1.165) is 49.9 Å². The number of para-hydroxylation sites is 2. The number of hydrogen-bond donors (Lipinski definition) is 1. The minimum atomic E-state index is 0.0601. The Kier molecular flexibility index (Phi) is 6.04. The molecular formula is C21H21N3OS3. The van der Waals surface area contributed by atoms with Gasteiger partial charge in [0.25, 0.3) is 0 Å². The van der Waals surface area contributed by atoms with Gasteiger partial charge in [-0.2, -0.15) is 11.8 Å². The number of amides is 1. The summed E-state index contributed by atoms with van der Waals surface area (Å²) in [5.41, 5.74) is 4.09. The molecule has 0 saturated carbocycles. The second-order valence-corrected chi connectivity index (χ2v) is 9.45. The Morgan fingerprint density at radius 3 is 2.39 bits per heavy atom. The maximum atomic E-state index is 13.2. The van der Waals surface area contributed by atoms with E-state index in [0.29, 0.717) is 5.75 Å². The van der Waals surface area contributed by atoms with Gasteiger partial charge in [-0.1, -0.05) is 47.8 Å². The summed E-state index contributed by atoms with van der Waals surface area (Å²) in [5, 5.41) is 0.815. The summed E-state index contributed by atoms with van der Waals surface area (Å²) in [7, 11) is 0. The summed E-state index contributed by atoms with van der Waals surface area (Å²) < 4.78 is 0. The summed E-state index contributed by atoms with van der Waals surface area (Å²) in [6.07, 6.45) is 3.05. The van der Waals surface area contributed by atoms with Crippen molar-refractivity contribution in [1.82, 2.24) is 9.97 Å². The number of aryl methyl sites for hydroxylation is 2. The number of aromatic amines is 1. The van der Waals surface area contributed by atoms with E-state index in [2.05, 4.69) is 28.4 Å². The van der Waals surface area contributed by atoms with Crippen LogP contribution in [0.4, 0.5) is 11.4 Å². The molecule has 1 aromatic heterocycles. The Balaban J connectivity index is 1.54. The van der Waals surface area contributed by atoms with Crippen LogP contribution >= 0.6 is 35.3 Å². The topological polar surface area (TPSA) is 49.0 Å². The molecule has 3 aromatic rings. The van der Waals surface area contributed by atoms with Crippen molar-refractivity contribution in [1.29, 1.82) is 0 Å². The molecule has 2 heterocycles. The Hall–Kier alpha value is -1.83. The predicted octanol–water partition coefficient (Wildman–Crippen LogP) is 5.55. The zero-order valence-electron chi connectivity index (χ0n) is 15.8. The Bertz CT molecular complexity index is 957. The van der Waals surface area contributed by atoms with E-state index in [1.165, 1.54) is 11.8 Å². The number of thioether (sulfide) groups is 2. The van der Waals surface area contributed by atoms with Crippen LogP contribution in [0.3, 0.4) is 0 Å². The lowest BCUT2D eigenvalue weighted by Crippen LogP contribution is -2.30. The Labute approximate surface area is 177 Å². The summed E-state index contributed by atoms with van der Waals surface area (Å²) in [6, 6.07) is 16.1. The lowest BCUT2D eigenvalue weighted by Gasteiger charge is -2.30. The number of anilines is 2. The van der Waals surface area contributed by atoms with Gasteiger partial charge < -0.3 is 4.98 Å². The molecule has 7 heteroatoms. The van der Waals surface area contributed by atoms with Gasteiger partial charge in [0.15, 0.2) is 5.16 Å². The lowest BCUT2D eigenvalue weighted by atomic mass is 10.2. The molecule has 0 unspecified atom stereocenters. The van der Waals surface area contributed by atoms with Crippen LogP contribution in [0.15, 0.2) is 63.5 Å².